The number of hydrogen-bond donors (Lipinski definition) is 2. The highest BCUT2D eigenvalue weighted by molar-refractivity contribution is 6.30. The zero-order valence-electron chi connectivity index (χ0n) is 11.6. The van der Waals surface area contributed by atoms with Gasteiger partial charge >= 0.3 is 0 Å². The molecule has 0 saturated heterocycles. The number of amides is 1. The minimum absolute atomic E-state index is 0.107. The molecular formula is C17H18ClNO2. The number of benzene rings is 2. The maximum Gasteiger partial charge on any atom is 0.224 e. The van der Waals surface area contributed by atoms with Gasteiger partial charge in [-0.15, -0.1) is 0 Å². The zero-order valence-corrected chi connectivity index (χ0v) is 12.4. The number of aliphatic hydroxyl groups is 1. The third kappa shape index (κ3) is 5.58. The molecule has 0 radical (unpaired) electrons. The smallest absolute Gasteiger partial charge is 0.224 e. The average molecular weight is 304 g/mol. The Morgan fingerprint density at radius 1 is 1.05 bits per heavy atom. The second kappa shape index (κ2) is 7.81. The van der Waals surface area contributed by atoms with E-state index in [4.69, 9.17) is 11.6 Å². The average Bonchev–Trinajstić information content (AvgIpc) is 2.49. The fourth-order valence-corrected chi connectivity index (χ4v) is 2.17. The first kappa shape index (κ1) is 15.5. The highest BCUT2D eigenvalue weighted by Gasteiger charge is 2.08. The lowest BCUT2D eigenvalue weighted by molar-refractivity contribution is -0.120. The Labute approximate surface area is 129 Å². The summed E-state index contributed by atoms with van der Waals surface area (Å²) in [5.74, 6) is -0.107. The van der Waals surface area contributed by atoms with Gasteiger partial charge in [0.1, 0.15) is 0 Å². The zero-order chi connectivity index (χ0) is 15.1. The van der Waals surface area contributed by atoms with Gasteiger partial charge in [0.25, 0.3) is 0 Å². The van der Waals surface area contributed by atoms with Crippen molar-refractivity contribution in [1.82, 2.24) is 5.32 Å². The van der Waals surface area contributed by atoms with Crippen LogP contribution in [0, 0.1) is 0 Å². The van der Waals surface area contributed by atoms with Gasteiger partial charge in [0.2, 0.25) is 5.91 Å². The molecule has 0 aliphatic carbocycles. The van der Waals surface area contributed by atoms with Gasteiger partial charge in [-0.25, -0.2) is 0 Å². The summed E-state index contributed by atoms with van der Waals surface area (Å²) < 4.78 is 0. The van der Waals surface area contributed by atoms with Crippen LogP contribution < -0.4 is 5.32 Å². The van der Waals surface area contributed by atoms with Gasteiger partial charge in [-0.2, -0.15) is 0 Å². The molecule has 1 amide bonds. The highest BCUT2D eigenvalue weighted by Crippen LogP contribution is 2.09. The van der Waals surface area contributed by atoms with Gasteiger partial charge < -0.3 is 10.4 Å². The Bertz CT molecular complexity index is 569. The van der Waals surface area contributed by atoms with E-state index in [2.05, 4.69) is 5.32 Å². The van der Waals surface area contributed by atoms with Crippen molar-refractivity contribution in [2.45, 2.75) is 18.9 Å². The predicted molar refractivity (Wildman–Crippen MR) is 84.3 cm³/mol. The van der Waals surface area contributed by atoms with Crippen molar-refractivity contribution in [1.29, 1.82) is 0 Å². The van der Waals surface area contributed by atoms with Crippen molar-refractivity contribution in [3.05, 3.63) is 70.7 Å². The summed E-state index contributed by atoms with van der Waals surface area (Å²) in [7, 11) is 0. The van der Waals surface area contributed by atoms with E-state index in [0.29, 0.717) is 11.4 Å². The molecule has 0 aromatic heterocycles. The number of halogens is 1. The van der Waals surface area contributed by atoms with Crippen molar-refractivity contribution < 1.29 is 9.90 Å². The maximum absolute atomic E-state index is 11.8. The molecule has 2 N–H and O–H groups in total. The highest BCUT2D eigenvalue weighted by atomic mass is 35.5. The molecule has 3 nitrogen and oxygen atoms in total. The normalized spacial score (nSPS) is 11.9. The van der Waals surface area contributed by atoms with Gasteiger partial charge in [-0.05, 0) is 23.3 Å². The molecular weight excluding hydrogens is 286 g/mol. The Morgan fingerprint density at radius 2 is 1.71 bits per heavy atom. The third-order valence-corrected chi connectivity index (χ3v) is 3.38. The fourth-order valence-electron chi connectivity index (χ4n) is 2.04. The Morgan fingerprint density at radius 3 is 2.38 bits per heavy atom. The number of hydrogen-bond acceptors (Lipinski definition) is 2. The van der Waals surface area contributed by atoms with Crippen LogP contribution in [0.5, 0.6) is 0 Å². The number of carbonyl (C=O) groups is 1. The van der Waals surface area contributed by atoms with Crippen molar-refractivity contribution >= 4 is 17.5 Å². The molecule has 0 fully saturated rings. The minimum atomic E-state index is -0.582. The molecule has 2 aromatic rings. The SMILES string of the molecule is O=C(Cc1ccc(Cl)cc1)NCC(O)Cc1ccccc1. The molecule has 2 rings (SSSR count). The van der Waals surface area contributed by atoms with E-state index in [1.807, 2.05) is 42.5 Å². The van der Waals surface area contributed by atoms with Crippen LogP contribution in [0.2, 0.25) is 5.02 Å². The van der Waals surface area contributed by atoms with Crippen molar-refractivity contribution in [3.8, 4) is 0 Å². The van der Waals surface area contributed by atoms with Crippen molar-refractivity contribution in [2.75, 3.05) is 6.54 Å². The quantitative estimate of drug-likeness (QED) is 0.862. The van der Waals surface area contributed by atoms with E-state index in [-0.39, 0.29) is 18.9 Å². The predicted octanol–water partition coefficient (Wildman–Crippen LogP) is 2.60. The van der Waals surface area contributed by atoms with Crippen LogP contribution >= 0.6 is 11.6 Å². The van der Waals surface area contributed by atoms with Gasteiger partial charge in [-0.3, -0.25) is 4.79 Å². The summed E-state index contributed by atoms with van der Waals surface area (Å²) in [6.45, 7) is 0.251. The van der Waals surface area contributed by atoms with Gasteiger partial charge in [0.05, 0.1) is 12.5 Å². The van der Waals surface area contributed by atoms with E-state index in [9.17, 15) is 9.90 Å². The fraction of sp³-hybridized carbons (Fsp3) is 0.235. The Hall–Kier alpha value is -1.84. The summed E-state index contributed by atoms with van der Waals surface area (Å²) >= 11 is 5.79. The first-order chi connectivity index (χ1) is 10.1. The molecule has 21 heavy (non-hydrogen) atoms. The van der Waals surface area contributed by atoms with Gasteiger partial charge in [-0.1, -0.05) is 54.1 Å². The van der Waals surface area contributed by atoms with Crippen LogP contribution in [0.15, 0.2) is 54.6 Å². The molecule has 1 unspecified atom stereocenters. The van der Waals surface area contributed by atoms with Crippen molar-refractivity contribution in [3.63, 3.8) is 0 Å². The number of rotatable bonds is 6. The van der Waals surface area contributed by atoms with Crippen LogP contribution in [0.25, 0.3) is 0 Å². The number of nitrogens with one attached hydrogen (secondary N) is 1. The second-order valence-corrected chi connectivity index (χ2v) is 5.39. The first-order valence-electron chi connectivity index (χ1n) is 6.86. The molecule has 110 valence electrons. The summed E-state index contributed by atoms with van der Waals surface area (Å²) in [4.78, 5) is 11.8. The molecule has 0 aliphatic rings. The monoisotopic (exact) mass is 303 g/mol. The Kier molecular flexibility index (Phi) is 5.78. The standard InChI is InChI=1S/C17H18ClNO2/c18-15-8-6-14(7-9-15)11-17(21)19-12-16(20)10-13-4-2-1-3-5-13/h1-9,16,20H,10-12H2,(H,19,21). The summed E-state index contributed by atoms with van der Waals surface area (Å²) in [6, 6.07) is 16.9. The largest absolute Gasteiger partial charge is 0.391 e. The van der Waals surface area contributed by atoms with Gasteiger partial charge in [0, 0.05) is 18.0 Å². The van der Waals surface area contributed by atoms with E-state index in [0.717, 1.165) is 11.1 Å². The molecule has 0 saturated carbocycles. The lowest BCUT2D eigenvalue weighted by Crippen LogP contribution is -2.34. The molecule has 2 aromatic carbocycles. The second-order valence-electron chi connectivity index (χ2n) is 4.95. The summed E-state index contributed by atoms with van der Waals surface area (Å²) in [5.41, 5.74) is 1.95. The van der Waals surface area contributed by atoms with Gasteiger partial charge in [0.15, 0.2) is 0 Å². The van der Waals surface area contributed by atoms with E-state index >= 15 is 0 Å². The van der Waals surface area contributed by atoms with Crippen LogP contribution in [0.3, 0.4) is 0 Å². The molecule has 0 heterocycles. The van der Waals surface area contributed by atoms with Crippen LogP contribution in [0.1, 0.15) is 11.1 Å². The molecule has 0 bridgehead atoms. The number of carbonyl (C=O) groups excluding carboxylic acids is 1. The topological polar surface area (TPSA) is 49.3 Å². The Balaban J connectivity index is 1.74. The molecule has 4 heteroatoms. The minimum Gasteiger partial charge on any atom is -0.391 e. The van der Waals surface area contributed by atoms with Crippen LogP contribution in [-0.2, 0) is 17.6 Å². The number of aliphatic hydroxyl groups excluding tert-OH is 1. The lowest BCUT2D eigenvalue weighted by Gasteiger charge is -2.12. The lowest BCUT2D eigenvalue weighted by atomic mass is 10.1. The van der Waals surface area contributed by atoms with E-state index in [1.54, 1.807) is 12.1 Å². The molecule has 1 atom stereocenters. The summed E-state index contributed by atoms with van der Waals surface area (Å²) in [6.07, 6.45) is 0.235. The van der Waals surface area contributed by atoms with Crippen LogP contribution in [0.4, 0.5) is 0 Å². The van der Waals surface area contributed by atoms with E-state index < -0.39 is 6.10 Å². The summed E-state index contributed by atoms with van der Waals surface area (Å²) in [5, 5.41) is 13.3. The molecule has 0 aliphatic heterocycles. The molecule has 0 spiro atoms. The maximum atomic E-state index is 11.8. The van der Waals surface area contributed by atoms with E-state index in [1.165, 1.54) is 0 Å². The van der Waals surface area contributed by atoms with Crippen molar-refractivity contribution in [2.24, 2.45) is 0 Å². The third-order valence-electron chi connectivity index (χ3n) is 3.13. The first-order valence-corrected chi connectivity index (χ1v) is 7.24. The van der Waals surface area contributed by atoms with Crippen LogP contribution in [-0.4, -0.2) is 23.7 Å².